The summed E-state index contributed by atoms with van der Waals surface area (Å²) in [7, 11) is 0. The lowest BCUT2D eigenvalue weighted by Gasteiger charge is -2.30. The molecule has 1 saturated carbocycles. The number of hydrogen-bond acceptors (Lipinski definition) is 3. The van der Waals surface area contributed by atoms with E-state index in [1.165, 1.54) is 11.8 Å². The Kier molecular flexibility index (Phi) is 9.60. The Balaban J connectivity index is 1.68. The van der Waals surface area contributed by atoms with Crippen molar-refractivity contribution >= 4 is 58.4 Å². The smallest absolute Gasteiger partial charge is 0.242 e. The molecule has 0 heterocycles. The van der Waals surface area contributed by atoms with Crippen LogP contribution < -0.4 is 5.32 Å². The molecule has 1 aliphatic carbocycles. The third kappa shape index (κ3) is 7.31. The second-order valence-corrected chi connectivity index (χ2v) is 10.3. The van der Waals surface area contributed by atoms with E-state index < -0.39 is 6.04 Å². The van der Waals surface area contributed by atoms with Gasteiger partial charge in [0.15, 0.2) is 0 Å². The average molecular weight is 514 g/mol. The highest BCUT2D eigenvalue weighted by atomic mass is 35.5. The molecule has 4 nitrogen and oxygen atoms in total. The topological polar surface area (TPSA) is 49.4 Å². The quantitative estimate of drug-likeness (QED) is 0.425. The molecule has 8 heteroatoms. The lowest BCUT2D eigenvalue weighted by molar-refractivity contribution is -0.138. The lowest BCUT2D eigenvalue weighted by Crippen LogP contribution is -2.50. The minimum absolute atomic E-state index is 0.107. The molecule has 3 rings (SSSR count). The summed E-state index contributed by atoms with van der Waals surface area (Å²) in [4.78, 5) is 27.7. The van der Waals surface area contributed by atoms with E-state index in [1.54, 1.807) is 30.0 Å². The van der Waals surface area contributed by atoms with Crippen LogP contribution in [0.2, 0.25) is 15.1 Å². The van der Waals surface area contributed by atoms with Crippen molar-refractivity contribution < 1.29 is 9.59 Å². The second-order valence-electron chi connectivity index (χ2n) is 8.04. The van der Waals surface area contributed by atoms with Gasteiger partial charge in [-0.25, -0.2) is 0 Å². The summed E-state index contributed by atoms with van der Waals surface area (Å²) in [6.07, 6.45) is 4.24. The molecule has 0 unspecified atom stereocenters. The van der Waals surface area contributed by atoms with Gasteiger partial charge in [0.1, 0.15) is 6.04 Å². The van der Waals surface area contributed by atoms with Gasteiger partial charge >= 0.3 is 0 Å². The van der Waals surface area contributed by atoms with Crippen molar-refractivity contribution in [2.45, 2.75) is 57.0 Å². The SMILES string of the molecule is C[C@H](C(=O)NC1CCCC1)N(Cc1ccc(Cl)cc1Cl)C(=O)CSCc1ccc(Cl)cc1. The van der Waals surface area contributed by atoms with E-state index in [0.717, 1.165) is 36.8 Å². The van der Waals surface area contributed by atoms with E-state index in [9.17, 15) is 9.59 Å². The number of thioether (sulfide) groups is 1. The molecule has 1 aliphatic rings. The molecule has 0 bridgehead atoms. The fourth-order valence-electron chi connectivity index (χ4n) is 3.73. The van der Waals surface area contributed by atoms with Gasteiger partial charge in [-0.1, -0.05) is 65.8 Å². The standard InChI is InChI=1S/C24H27Cl3N2O2S/c1-16(24(31)28-21-4-2-3-5-21)29(13-18-8-11-20(26)12-22(18)27)23(30)15-32-14-17-6-9-19(25)10-7-17/h6-12,16,21H,2-5,13-15H2,1H3,(H,28,31)/t16-/m1/s1. The molecule has 172 valence electrons. The number of amides is 2. The van der Waals surface area contributed by atoms with Crippen molar-refractivity contribution in [3.8, 4) is 0 Å². The Labute approximate surface area is 209 Å². The number of carbonyl (C=O) groups excluding carboxylic acids is 2. The van der Waals surface area contributed by atoms with Crippen LogP contribution in [0.15, 0.2) is 42.5 Å². The highest BCUT2D eigenvalue weighted by Crippen LogP contribution is 2.24. The van der Waals surface area contributed by atoms with Crippen molar-refractivity contribution in [3.63, 3.8) is 0 Å². The number of nitrogens with zero attached hydrogens (tertiary/aromatic N) is 1. The van der Waals surface area contributed by atoms with Crippen LogP contribution in [-0.2, 0) is 21.9 Å². The monoisotopic (exact) mass is 512 g/mol. The number of hydrogen-bond donors (Lipinski definition) is 1. The Morgan fingerprint density at radius 3 is 2.38 bits per heavy atom. The highest BCUT2D eigenvalue weighted by Gasteiger charge is 2.28. The molecule has 0 radical (unpaired) electrons. The van der Waals surface area contributed by atoms with Crippen molar-refractivity contribution in [2.75, 3.05) is 5.75 Å². The first-order chi connectivity index (χ1) is 15.3. The molecule has 1 fully saturated rings. The molecular formula is C24H27Cl3N2O2S. The van der Waals surface area contributed by atoms with Gasteiger partial charge < -0.3 is 10.2 Å². The fraction of sp³-hybridized carbons (Fsp3) is 0.417. The van der Waals surface area contributed by atoms with E-state index in [2.05, 4.69) is 5.32 Å². The first-order valence-electron chi connectivity index (χ1n) is 10.7. The van der Waals surface area contributed by atoms with Crippen molar-refractivity contribution in [2.24, 2.45) is 0 Å². The third-order valence-electron chi connectivity index (χ3n) is 5.63. The van der Waals surface area contributed by atoms with Gasteiger partial charge in [-0.3, -0.25) is 9.59 Å². The molecule has 1 N–H and O–H groups in total. The predicted octanol–water partition coefficient (Wildman–Crippen LogP) is 6.36. The zero-order valence-electron chi connectivity index (χ0n) is 18.0. The zero-order valence-corrected chi connectivity index (χ0v) is 21.0. The Hall–Kier alpha value is -1.40. The summed E-state index contributed by atoms with van der Waals surface area (Å²) in [6, 6.07) is 12.3. The lowest BCUT2D eigenvalue weighted by atomic mass is 10.1. The minimum Gasteiger partial charge on any atom is -0.352 e. The van der Waals surface area contributed by atoms with Crippen LogP contribution in [0.3, 0.4) is 0 Å². The number of rotatable bonds is 9. The number of benzene rings is 2. The number of carbonyl (C=O) groups is 2. The van der Waals surface area contributed by atoms with Crippen LogP contribution in [-0.4, -0.2) is 34.6 Å². The summed E-state index contributed by atoms with van der Waals surface area (Å²) in [5, 5.41) is 4.80. The van der Waals surface area contributed by atoms with Crippen LogP contribution in [0.25, 0.3) is 0 Å². The van der Waals surface area contributed by atoms with Crippen LogP contribution in [0.1, 0.15) is 43.7 Å². The Morgan fingerprint density at radius 1 is 1.06 bits per heavy atom. The summed E-state index contributed by atoms with van der Waals surface area (Å²) in [5.74, 6) is 0.706. The van der Waals surface area contributed by atoms with Crippen LogP contribution in [0, 0.1) is 0 Å². The maximum atomic E-state index is 13.2. The molecule has 1 atom stereocenters. The normalized spacial score (nSPS) is 14.9. The van der Waals surface area contributed by atoms with E-state index in [1.807, 2.05) is 24.3 Å². The van der Waals surface area contributed by atoms with Crippen molar-refractivity contribution in [3.05, 3.63) is 68.7 Å². The molecule has 32 heavy (non-hydrogen) atoms. The van der Waals surface area contributed by atoms with E-state index in [-0.39, 0.29) is 30.2 Å². The molecular weight excluding hydrogens is 487 g/mol. The number of halogens is 3. The first-order valence-corrected chi connectivity index (χ1v) is 13.0. The zero-order chi connectivity index (χ0) is 23.1. The van der Waals surface area contributed by atoms with E-state index >= 15 is 0 Å². The van der Waals surface area contributed by atoms with Gasteiger partial charge in [0.25, 0.3) is 0 Å². The van der Waals surface area contributed by atoms with Gasteiger partial charge in [-0.2, -0.15) is 0 Å². The molecule has 0 aromatic heterocycles. The maximum Gasteiger partial charge on any atom is 0.242 e. The maximum absolute atomic E-state index is 13.2. The Bertz CT molecular complexity index is 933. The highest BCUT2D eigenvalue weighted by molar-refractivity contribution is 7.99. The van der Waals surface area contributed by atoms with Crippen molar-refractivity contribution in [1.29, 1.82) is 0 Å². The first kappa shape index (κ1) is 25.2. The van der Waals surface area contributed by atoms with Crippen LogP contribution in [0.5, 0.6) is 0 Å². The third-order valence-corrected chi connectivity index (χ3v) is 7.46. The molecule has 2 aromatic carbocycles. The summed E-state index contributed by atoms with van der Waals surface area (Å²) in [6.45, 7) is 2.02. The van der Waals surface area contributed by atoms with Gasteiger partial charge in [0, 0.05) is 33.4 Å². The average Bonchev–Trinajstić information content (AvgIpc) is 3.27. The fourth-order valence-corrected chi connectivity index (χ4v) is 5.19. The van der Waals surface area contributed by atoms with E-state index in [0.29, 0.717) is 20.8 Å². The predicted molar refractivity (Wildman–Crippen MR) is 134 cm³/mol. The van der Waals surface area contributed by atoms with Gasteiger partial charge in [0.05, 0.1) is 5.75 Å². The summed E-state index contributed by atoms with van der Waals surface area (Å²) < 4.78 is 0. The Morgan fingerprint density at radius 2 is 1.72 bits per heavy atom. The van der Waals surface area contributed by atoms with Crippen molar-refractivity contribution in [1.82, 2.24) is 10.2 Å². The van der Waals surface area contributed by atoms with E-state index in [4.69, 9.17) is 34.8 Å². The summed E-state index contributed by atoms with van der Waals surface area (Å²) in [5.41, 5.74) is 1.85. The number of nitrogens with one attached hydrogen (secondary N) is 1. The van der Waals surface area contributed by atoms with Gasteiger partial charge in [0.2, 0.25) is 11.8 Å². The summed E-state index contributed by atoms with van der Waals surface area (Å²) >= 11 is 19.8. The van der Waals surface area contributed by atoms with Gasteiger partial charge in [-0.15, -0.1) is 11.8 Å². The molecule has 2 aromatic rings. The van der Waals surface area contributed by atoms with Gasteiger partial charge in [-0.05, 0) is 55.2 Å². The molecule has 0 spiro atoms. The van der Waals surface area contributed by atoms with Crippen LogP contribution >= 0.6 is 46.6 Å². The second kappa shape index (κ2) is 12.2. The van der Waals surface area contributed by atoms with Crippen LogP contribution in [0.4, 0.5) is 0 Å². The molecule has 0 saturated heterocycles. The largest absolute Gasteiger partial charge is 0.352 e. The molecule has 2 amide bonds. The molecule has 0 aliphatic heterocycles. The minimum atomic E-state index is -0.606.